The van der Waals surface area contributed by atoms with Crippen LogP contribution in [0.3, 0.4) is 0 Å². The number of nitrogens with zero attached hydrogens (tertiary/aromatic N) is 1. The number of benzene rings is 1. The van der Waals surface area contributed by atoms with Crippen LogP contribution in [0.15, 0.2) is 21.6 Å². The largest absolute Gasteiger partial charge is 0.323 e. The van der Waals surface area contributed by atoms with Crippen LogP contribution in [0.1, 0.15) is 0 Å². The summed E-state index contributed by atoms with van der Waals surface area (Å²) >= 11 is 15.3. The van der Waals surface area contributed by atoms with Gasteiger partial charge in [-0.25, -0.2) is 5.84 Å². The normalized spacial score (nSPS) is 11.4. The summed E-state index contributed by atoms with van der Waals surface area (Å²) in [5.74, 6) is 5.60. The molecule has 15 heavy (non-hydrogen) atoms. The van der Waals surface area contributed by atoms with Crippen molar-refractivity contribution in [2.45, 2.75) is 0 Å². The maximum atomic E-state index is 5.99. The molecule has 82 valence electrons. The first kappa shape index (κ1) is 12.6. The van der Waals surface area contributed by atoms with E-state index >= 15 is 0 Å². The summed E-state index contributed by atoms with van der Waals surface area (Å²) in [4.78, 5) is 3.85. The predicted octanol–water partition coefficient (Wildman–Crippen LogP) is 2.62. The third-order valence-corrected chi connectivity index (χ3v) is 2.66. The second-order valence-electron chi connectivity index (χ2n) is 2.59. The molecule has 4 nitrogen and oxygen atoms in total. The van der Waals surface area contributed by atoms with Crippen molar-refractivity contribution in [3.63, 3.8) is 0 Å². The zero-order chi connectivity index (χ0) is 11.4. The first-order chi connectivity index (χ1) is 7.08. The van der Waals surface area contributed by atoms with Gasteiger partial charge in [-0.2, -0.15) is 0 Å². The van der Waals surface area contributed by atoms with E-state index in [0.29, 0.717) is 21.7 Å². The zero-order valence-corrected chi connectivity index (χ0v) is 10.9. The molecule has 0 saturated carbocycles. The first-order valence-corrected chi connectivity index (χ1v) is 5.48. The van der Waals surface area contributed by atoms with Crippen molar-refractivity contribution in [3.8, 4) is 0 Å². The highest BCUT2D eigenvalue weighted by molar-refractivity contribution is 9.10. The molecule has 0 aliphatic carbocycles. The Morgan fingerprint density at radius 1 is 1.40 bits per heavy atom. The van der Waals surface area contributed by atoms with Crippen molar-refractivity contribution in [1.29, 1.82) is 0 Å². The van der Waals surface area contributed by atoms with Crippen molar-refractivity contribution in [3.05, 3.63) is 26.7 Å². The minimum atomic E-state index is 0.376. The van der Waals surface area contributed by atoms with Crippen LogP contribution in [-0.2, 0) is 0 Å². The van der Waals surface area contributed by atoms with Crippen molar-refractivity contribution in [1.82, 2.24) is 5.43 Å². The Balaban J connectivity index is 3.05. The van der Waals surface area contributed by atoms with Crippen LogP contribution in [0.25, 0.3) is 0 Å². The van der Waals surface area contributed by atoms with E-state index in [-0.39, 0.29) is 0 Å². The number of hydrogen-bond acceptors (Lipinski definition) is 2. The van der Waals surface area contributed by atoms with Crippen molar-refractivity contribution >= 4 is 50.8 Å². The molecule has 0 atom stereocenters. The van der Waals surface area contributed by atoms with E-state index in [1.807, 2.05) is 0 Å². The fourth-order valence-electron chi connectivity index (χ4n) is 0.937. The molecule has 7 heteroatoms. The Labute approximate surface area is 106 Å². The number of rotatable bonds is 1. The average molecular weight is 312 g/mol. The van der Waals surface area contributed by atoms with Crippen LogP contribution in [0.4, 0.5) is 5.69 Å². The van der Waals surface area contributed by atoms with E-state index in [1.54, 1.807) is 19.2 Å². The number of hydrazine groups is 1. The number of hydrogen-bond donors (Lipinski definition) is 3. The molecular formula is C8H9BrCl2N4. The lowest BCUT2D eigenvalue weighted by Crippen LogP contribution is -2.36. The van der Waals surface area contributed by atoms with E-state index in [0.717, 1.165) is 4.47 Å². The quantitative estimate of drug-likeness (QED) is 0.323. The van der Waals surface area contributed by atoms with Gasteiger partial charge in [0.25, 0.3) is 0 Å². The number of halogens is 3. The van der Waals surface area contributed by atoms with Gasteiger partial charge in [0, 0.05) is 11.5 Å². The van der Waals surface area contributed by atoms with Crippen molar-refractivity contribution < 1.29 is 0 Å². The highest BCUT2D eigenvalue weighted by Gasteiger charge is 2.08. The predicted molar refractivity (Wildman–Crippen MR) is 68.5 cm³/mol. The number of nitrogens with one attached hydrogen (secondary N) is 2. The number of aliphatic imine (C=N–C) groups is 1. The van der Waals surface area contributed by atoms with E-state index in [4.69, 9.17) is 29.0 Å². The standard InChI is InChI=1S/C8H9BrCl2N4/c1-13-8(15-12)14-7-5(10)2-4(9)3-6(7)11/h2-3H,12H2,1H3,(H2,13,14,15). The van der Waals surface area contributed by atoms with Crippen LogP contribution >= 0.6 is 39.1 Å². The molecule has 1 aromatic rings. The van der Waals surface area contributed by atoms with E-state index in [1.165, 1.54) is 0 Å². The second-order valence-corrected chi connectivity index (χ2v) is 4.32. The van der Waals surface area contributed by atoms with E-state index in [2.05, 4.69) is 31.7 Å². The molecule has 4 N–H and O–H groups in total. The molecule has 0 fully saturated rings. The average Bonchev–Trinajstić information content (AvgIpc) is 2.17. The summed E-state index contributed by atoms with van der Waals surface area (Å²) in [6.07, 6.45) is 0. The molecule has 0 aliphatic heterocycles. The smallest absolute Gasteiger partial charge is 0.210 e. The first-order valence-electron chi connectivity index (χ1n) is 3.93. The monoisotopic (exact) mass is 310 g/mol. The molecule has 0 amide bonds. The lowest BCUT2D eigenvalue weighted by molar-refractivity contribution is 1.01. The molecule has 0 heterocycles. The summed E-state index contributed by atoms with van der Waals surface area (Å²) in [7, 11) is 1.59. The van der Waals surface area contributed by atoms with Crippen molar-refractivity contribution in [2.24, 2.45) is 10.8 Å². The molecular weight excluding hydrogens is 303 g/mol. The number of anilines is 1. The Hall–Kier alpha value is -0.490. The van der Waals surface area contributed by atoms with Gasteiger partial charge in [0.2, 0.25) is 5.96 Å². The van der Waals surface area contributed by atoms with Crippen LogP contribution in [0.5, 0.6) is 0 Å². The summed E-state index contributed by atoms with van der Waals surface area (Å²) < 4.78 is 0.804. The summed E-state index contributed by atoms with van der Waals surface area (Å²) in [6.45, 7) is 0. The molecule has 0 aliphatic rings. The van der Waals surface area contributed by atoms with Gasteiger partial charge in [0.05, 0.1) is 15.7 Å². The summed E-state index contributed by atoms with van der Waals surface area (Å²) in [5.41, 5.74) is 2.93. The van der Waals surface area contributed by atoms with Crippen LogP contribution in [-0.4, -0.2) is 13.0 Å². The Morgan fingerprint density at radius 2 is 1.93 bits per heavy atom. The lowest BCUT2D eigenvalue weighted by Gasteiger charge is -2.11. The highest BCUT2D eigenvalue weighted by atomic mass is 79.9. The van der Waals surface area contributed by atoms with Crippen molar-refractivity contribution in [2.75, 3.05) is 12.4 Å². The van der Waals surface area contributed by atoms with Gasteiger partial charge in [-0.1, -0.05) is 39.1 Å². The fraction of sp³-hybridized carbons (Fsp3) is 0.125. The molecule has 1 aromatic carbocycles. The minimum absolute atomic E-state index is 0.376. The maximum Gasteiger partial charge on any atom is 0.210 e. The molecule has 0 spiro atoms. The number of guanidine groups is 1. The SMILES string of the molecule is CN=C(NN)Nc1c(Cl)cc(Br)cc1Cl. The lowest BCUT2D eigenvalue weighted by atomic mass is 10.3. The molecule has 1 rings (SSSR count). The Bertz CT molecular complexity index is 371. The third kappa shape index (κ3) is 3.24. The van der Waals surface area contributed by atoms with E-state index in [9.17, 15) is 0 Å². The summed E-state index contributed by atoms with van der Waals surface area (Å²) in [5, 5.41) is 3.83. The zero-order valence-electron chi connectivity index (χ0n) is 7.81. The second kappa shape index (κ2) is 5.55. The maximum absolute atomic E-state index is 5.99. The van der Waals surface area contributed by atoms with Gasteiger partial charge >= 0.3 is 0 Å². The molecule has 0 aromatic heterocycles. The van der Waals surface area contributed by atoms with Crippen LogP contribution < -0.4 is 16.6 Å². The van der Waals surface area contributed by atoms with Gasteiger partial charge in [0.1, 0.15) is 0 Å². The van der Waals surface area contributed by atoms with Gasteiger partial charge in [-0.15, -0.1) is 0 Å². The number of nitrogens with two attached hydrogens (primary N) is 1. The van der Waals surface area contributed by atoms with Gasteiger partial charge in [-0.3, -0.25) is 10.4 Å². The molecule has 0 saturated heterocycles. The minimum Gasteiger partial charge on any atom is -0.323 e. The molecule has 0 bridgehead atoms. The van der Waals surface area contributed by atoms with Gasteiger partial charge < -0.3 is 5.32 Å². The molecule has 0 radical (unpaired) electrons. The summed E-state index contributed by atoms with van der Waals surface area (Å²) in [6, 6.07) is 3.44. The molecule has 0 unspecified atom stereocenters. The topological polar surface area (TPSA) is 62.4 Å². The van der Waals surface area contributed by atoms with Gasteiger partial charge in [-0.05, 0) is 12.1 Å². The van der Waals surface area contributed by atoms with Crippen LogP contribution in [0.2, 0.25) is 10.0 Å². The Kier molecular flexibility index (Phi) is 4.66. The Morgan fingerprint density at radius 3 is 2.33 bits per heavy atom. The van der Waals surface area contributed by atoms with Gasteiger partial charge in [0.15, 0.2) is 0 Å². The highest BCUT2D eigenvalue weighted by Crippen LogP contribution is 2.33. The van der Waals surface area contributed by atoms with Crippen LogP contribution in [0, 0.1) is 0 Å². The van der Waals surface area contributed by atoms with E-state index < -0.39 is 0 Å². The third-order valence-electron chi connectivity index (χ3n) is 1.61. The fourth-order valence-corrected chi connectivity index (χ4v) is 2.24.